The normalized spacial score (nSPS) is 14.8. The highest BCUT2D eigenvalue weighted by Gasteiger charge is 2.40. The molecule has 2 aromatic carbocycles. The van der Waals surface area contributed by atoms with Gasteiger partial charge in [-0.15, -0.1) is 0 Å². The lowest BCUT2D eigenvalue weighted by Crippen LogP contribution is -2.24. The smallest absolute Gasteiger partial charge is 0.418 e. The predicted molar refractivity (Wildman–Crippen MR) is 100 cm³/mol. The minimum absolute atomic E-state index is 0.247. The summed E-state index contributed by atoms with van der Waals surface area (Å²) in [6, 6.07) is 18.0. The Morgan fingerprint density at radius 3 is 1.72 bits per heavy atom. The summed E-state index contributed by atoms with van der Waals surface area (Å²) in [5.74, 6) is 0. The van der Waals surface area contributed by atoms with Crippen molar-refractivity contribution in [1.82, 2.24) is 0 Å². The van der Waals surface area contributed by atoms with E-state index < -0.39 is 7.25 Å². The summed E-state index contributed by atoms with van der Waals surface area (Å²) >= 11 is 1.94. The van der Waals surface area contributed by atoms with Gasteiger partial charge in [0.15, 0.2) is 9.79 Å². The maximum Gasteiger partial charge on any atom is 0.673 e. The summed E-state index contributed by atoms with van der Waals surface area (Å²) in [6.45, 7) is 4.66. The van der Waals surface area contributed by atoms with Crippen LogP contribution < -0.4 is 0 Å². The molecule has 0 spiro atoms. The second-order valence-electron chi connectivity index (χ2n) is 5.65. The van der Waals surface area contributed by atoms with Crippen molar-refractivity contribution < 1.29 is 17.3 Å². The van der Waals surface area contributed by atoms with E-state index in [2.05, 4.69) is 62.4 Å². The van der Waals surface area contributed by atoms with Gasteiger partial charge >= 0.3 is 7.25 Å². The first-order chi connectivity index (χ1) is 11.8. The van der Waals surface area contributed by atoms with Gasteiger partial charge in [0.2, 0.25) is 0 Å². The minimum atomic E-state index is -6.00. The third-order valence-electron chi connectivity index (χ3n) is 3.79. The van der Waals surface area contributed by atoms with Crippen LogP contribution in [0.15, 0.2) is 68.1 Å². The molecule has 136 valence electrons. The highest BCUT2D eigenvalue weighted by molar-refractivity contribution is 8.04. The van der Waals surface area contributed by atoms with Gasteiger partial charge in [-0.05, 0) is 37.1 Å². The third-order valence-corrected chi connectivity index (χ3v) is 8.10. The first-order valence-corrected chi connectivity index (χ1v) is 10.4. The zero-order valence-electron chi connectivity index (χ0n) is 14.2. The highest BCUT2D eigenvalue weighted by Crippen LogP contribution is 2.47. The van der Waals surface area contributed by atoms with E-state index in [0.717, 1.165) is 5.25 Å². The lowest BCUT2D eigenvalue weighted by atomic mass is 10.2. The summed E-state index contributed by atoms with van der Waals surface area (Å²) in [5, 5.41) is 0.781. The summed E-state index contributed by atoms with van der Waals surface area (Å²) in [6.07, 6.45) is 3.87. The molecule has 0 bridgehead atoms. The molecule has 0 nitrogen and oxygen atoms in total. The SMILES string of the molecule is CCCC(CC)[S+]1c2ccccc2Sc2ccccc21.F[B-](F)(F)F. The van der Waals surface area contributed by atoms with Crippen molar-refractivity contribution in [2.75, 3.05) is 0 Å². The van der Waals surface area contributed by atoms with Crippen molar-refractivity contribution in [2.45, 2.75) is 57.9 Å². The Bertz CT molecular complexity index is 639. The van der Waals surface area contributed by atoms with Crippen LogP contribution in [0.5, 0.6) is 0 Å². The number of rotatable bonds is 4. The Morgan fingerprint density at radius 2 is 1.32 bits per heavy atom. The summed E-state index contributed by atoms with van der Waals surface area (Å²) < 4.78 is 39.0. The van der Waals surface area contributed by atoms with Crippen molar-refractivity contribution >= 4 is 29.9 Å². The maximum absolute atomic E-state index is 9.75. The fraction of sp³-hybridized carbons (Fsp3) is 0.333. The molecule has 0 fully saturated rings. The number of hydrogen-bond donors (Lipinski definition) is 0. The van der Waals surface area contributed by atoms with E-state index >= 15 is 0 Å². The number of benzene rings is 2. The molecule has 1 atom stereocenters. The minimum Gasteiger partial charge on any atom is -0.418 e. The van der Waals surface area contributed by atoms with E-state index in [1.54, 1.807) is 9.79 Å². The highest BCUT2D eigenvalue weighted by atomic mass is 32.2. The van der Waals surface area contributed by atoms with Crippen molar-refractivity contribution in [2.24, 2.45) is 0 Å². The van der Waals surface area contributed by atoms with E-state index in [1.165, 1.54) is 29.1 Å². The quantitative estimate of drug-likeness (QED) is 0.307. The van der Waals surface area contributed by atoms with Gasteiger partial charge in [-0.1, -0.05) is 56.3 Å². The molecule has 0 saturated heterocycles. The van der Waals surface area contributed by atoms with Crippen LogP contribution in [0.2, 0.25) is 0 Å². The third kappa shape index (κ3) is 5.71. The van der Waals surface area contributed by atoms with E-state index in [0.29, 0.717) is 0 Å². The van der Waals surface area contributed by atoms with E-state index in [9.17, 15) is 17.3 Å². The van der Waals surface area contributed by atoms with Gasteiger partial charge in [-0.2, -0.15) is 0 Å². The molecule has 2 aromatic rings. The molecule has 0 aromatic heterocycles. The Hall–Kier alpha value is -1.08. The first-order valence-electron chi connectivity index (χ1n) is 8.31. The van der Waals surface area contributed by atoms with Crippen LogP contribution in [0.4, 0.5) is 17.3 Å². The summed E-state index contributed by atoms with van der Waals surface area (Å²) in [7, 11) is -5.75. The van der Waals surface area contributed by atoms with Crippen LogP contribution in [-0.4, -0.2) is 12.5 Å². The fourth-order valence-electron chi connectivity index (χ4n) is 2.84. The molecule has 1 heterocycles. The molecule has 0 radical (unpaired) electrons. The van der Waals surface area contributed by atoms with Crippen molar-refractivity contribution in [3.8, 4) is 0 Å². The van der Waals surface area contributed by atoms with Crippen LogP contribution >= 0.6 is 11.8 Å². The van der Waals surface area contributed by atoms with Crippen LogP contribution in [-0.2, 0) is 10.9 Å². The monoisotopic (exact) mass is 388 g/mol. The van der Waals surface area contributed by atoms with Gasteiger partial charge in [0, 0.05) is 0 Å². The zero-order chi connectivity index (χ0) is 18.4. The van der Waals surface area contributed by atoms with Crippen LogP contribution in [0.25, 0.3) is 0 Å². The lowest BCUT2D eigenvalue weighted by molar-refractivity contribution is 0.368. The molecule has 3 rings (SSSR count). The van der Waals surface area contributed by atoms with Crippen LogP contribution in [0.3, 0.4) is 0 Å². The summed E-state index contributed by atoms with van der Waals surface area (Å²) in [5.41, 5.74) is 0. The molecule has 1 aliphatic heterocycles. The van der Waals surface area contributed by atoms with Crippen LogP contribution in [0, 0.1) is 0 Å². The molecular formula is C18H21BF4S2. The Morgan fingerprint density at radius 1 is 0.880 bits per heavy atom. The number of hydrogen-bond acceptors (Lipinski definition) is 1. The fourth-order valence-corrected chi connectivity index (χ4v) is 7.27. The Labute approximate surface area is 153 Å². The van der Waals surface area contributed by atoms with Gasteiger partial charge < -0.3 is 17.3 Å². The van der Waals surface area contributed by atoms with E-state index in [4.69, 9.17) is 0 Å². The topological polar surface area (TPSA) is 0 Å². The van der Waals surface area contributed by atoms with Gasteiger partial charge in [0.25, 0.3) is 0 Å². The average molecular weight is 388 g/mol. The second-order valence-corrected chi connectivity index (χ2v) is 8.95. The molecule has 0 amide bonds. The first kappa shape index (κ1) is 20.2. The summed E-state index contributed by atoms with van der Waals surface area (Å²) in [4.78, 5) is 6.06. The molecule has 25 heavy (non-hydrogen) atoms. The van der Waals surface area contributed by atoms with Gasteiger partial charge in [-0.3, -0.25) is 0 Å². The maximum atomic E-state index is 9.75. The number of halogens is 4. The van der Waals surface area contributed by atoms with Gasteiger partial charge in [0.05, 0.1) is 20.7 Å². The standard InChI is InChI=1S/C18H21S2.BF4/c1-3-9-14(4-2)20-17-12-7-5-10-15(17)19-16-11-6-8-13-18(16)20;2-1(3,4)5/h5-8,10-14H,3-4,9H2,1-2H3;/q+1;-1. The Balaban J connectivity index is 0.000000399. The number of fused-ring (bicyclic) bond motifs is 2. The van der Waals surface area contributed by atoms with Crippen molar-refractivity contribution in [3.63, 3.8) is 0 Å². The van der Waals surface area contributed by atoms with Crippen molar-refractivity contribution in [3.05, 3.63) is 48.5 Å². The van der Waals surface area contributed by atoms with Crippen molar-refractivity contribution in [1.29, 1.82) is 0 Å². The predicted octanol–water partition coefficient (Wildman–Crippen LogP) is 7.07. The molecular weight excluding hydrogens is 367 g/mol. The average Bonchev–Trinajstić information content (AvgIpc) is 2.56. The largest absolute Gasteiger partial charge is 0.673 e. The molecule has 1 aliphatic rings. The lowest BCUT2D eigenvalue weighted by Gasteiger charge is -2.24. The zero-order valence-corrected chi connectivity index (χ0v) is 15.9. The van der Waals surface area contributed by atoms with E-state index in [1.807, 2.05) is 11.8 Å². The Kier molecular flexibility index (Phi) is 7.31. The van der Waals surface area contributed by atoms with E-state index in [-0.39, 0.29) is 10.9 Å². The molecule has 0 aliphatic carbocycles. The molecule has 1 unspecified atom stereocenters. The van der Waals surface area contributed by atoms with Gasteiger partial charge in [-0.25, -0.2) is 0 Å². The van der Waals surface area contributed by atoms with Crippen LogP contribution in [0.1, 0.15) is 33.1 Å². The molecule has 0 saturated carbocycles. The molecule has 7 heteroatoms. The second kappa shape index (κ2) is 9.03. The van der Waals surface area contributed by atoms with Gasteiger partial charge in [0.1, 0.15) is 5.25 Å². The molecule has 0 N–H and O–H groups in total.